The van der Waals surface area contributed by atoms with Crippen molar-refractivity contribution in [1.29, 1.82) is 0 Å². The average Bonchev–Trinajstić information content (AvgIpc) is 3.37. The third-order valence-corrected chi connectivity index (χ3v) is 5.55. The molecule has 0 saturated carbocycles. The van der Waals surface area contributed by atoms with Gasteiger partial charge in [-0.15, -0.1) is 0 Å². The highest BCUT2D eigenvalue weighted by atomic mass is 16.5. The van der Waals surface area contributed by atoms with E-state index in [1.54, 1.807) is 18.2 Å². The van der Waals surface area contributed by atoms with Crippen LogP contribution in [0.4, 0.5) is 5.69 Å². The summed E-state index contributed by atoms with van der Waals surface area (Å²) in [6.45, 7) is 0. The molecule has 2 aliphatic carbocycles. The average molecular weight is 380 g/mol. The minimum Gasteiger partial charge on any atom is -0.497 e. The third kappa shape index (κ3) is 3.28. The van der Waals surface area contributed by atoms with Crippen LogP contribution in [0, 0.1) is 0 Å². The lowest BCUT2D eigenvalue weighted by Crippen LogP contribution is -2.17. The van der Waals surface area contributed by atoms with E-state index in [0.717, 1.165) is 41.5 Å². The second-order valence-electron chi connectivity index (χ2n) is 7.17. The number of amides is 1. The van der Waals surface area contributed by atoms with Gasteiger partial charge in [-0.2, -0.15) is 0 Å². The molecule has 2 aromatic rings. The molecular weight excluding hydrogens is 354 g/mol. The monoisotopic (exact) mass is 380 g/mol. The van der Waals surface area contributed by atoms with Gasteiger partial charge in [-0.05, 0) is 79.0 Å². The topological polar surface area (TPSA) is 75.6 Å². The summed E-state index contributed by atoms with van der Waals surface area (Å²) in [6, 6.07) is 10.7. The zero-order valence-corrected chi connectivity index (χ0v) is 15.4. The molecule has 0 aromatic heterocycles. The lowest BCUT2D eigenvalue weighted by Gasteiger charge is -2.15. The summed E-state index contributed by atoms with van der Waals surface area (Å²) in [5, 5.41) is 12.3. The van der Waals surface area contributed by atoms with Gasteiger partial charge in [0.2, 0.25) is 0 Å². The number of carboxylic acids is 1. The Hall–Kier alpha value is -3.08. The molecular formula is C23H23NO4. The predicted octanol–water partition coefficient (Wildman–Crippen LogP) is 4.35. The Morgan fingerprint density at radius 3 is 2.64 bits per heavy atom. The first-order chi connectivity index (χ1) is 14.7. The summed E-state index contributed by atoms with van der Waals surface area (Å²) in [7, 11) is -2.52. The second kappa shape index (κ2) is 7.50. The summed E-state index contributed by atoms with van der Waals surface area (Å²) >= 11 is 0. The number of methoxy groups -OCH3 is 1. The van der Waals surface area contributed by atoms with E-state index >= 15 is 0 Å². The minimum absolute atomic E-state index is 0.205. The first-order valence-electron chi connectivity index (χ1n) is 10.9. The van der Waals surface area contributed by atoms with E-state index in [1.165, 1.54) is 0 Å². The van der Waals surface area contributed by atoms with E-state index in [4.69, 9.17) is 8.85 Å². The number of nitrogens with one attached hydrogen (secondary N) is 1. The fraction of sp³-hybridized carbons (Fsp3) is 0.304. The molecule has 0 atom stereocenters. The van der Waals surface area contributed by atoms with Gasteiger partial charge in [0.05, 0.1) is 11.2 Å². The van der Waals surface area contributed by atoms with Crippen molar-refractivity contribution in [3.05, 3.63) is 58.7 Å². The van der Waals surface area contributed by atoms with Crippen molar-refractivity contribution in [2.24, 2.45) is 0 Å². The Morgan fingerprint density at radius 1 is 1.04 bits per heavy atom. The molecule has 5 nitrogen and oxygen atoms in total. The Kier molecular flexibility index (Phi) is 4.00. The molecule has 5 heteroatoms. The van der Waals surface area contributed by atoms with Crippen LogP contribution in [0.2, 0.25) is 0 Å². The van der Waals surface area contributed by atoms with Crippen LogP contribution in [0.5, 0.6) is 5.75 Å². The standard InChI is InChI=1S/C23H23NO4/c1-28-15-6-2-5-14(13-15)16-11-12-21(18-8-3-7-17(16)18)24-22(25)19-9-4-10-20(19)23(26)27/h2,5-6,11-13H,3-4,7-10H2,1H3,(H,24,25)(H,26,27)/i1D3. The molecule has 144 valence electrons. The van der Waals surface area contributed by atoms with Gasteiger partial charge < -0.3 is 15.2 Å². The van der Waals surface area contributed by atoms with E-state index in [1.807, 2.05) is 18.2 Å². The van der Waals surface area contributed by atoms with Crippen molar-refractivity contribution in [2.45, 2.75) is 38.5 Å². The van der Waals surface area contributed by atoms with Crippen LogP contribution < -0.4 is 10.1 Å². The molecule has 28 heavy (non-hydrogen) atoms. The van der Waals surface area contributed by atoms with E-state index in [0.29, 0.717) is 30.5 Å². The van der Waals surface area contributed by atoms with Crippen molar-refractivity contribution in [3.63, 3.8) is 0 Å². The predicted molar refractivity (Wildman–Crippen MR) is 108 cm³/mol. The van der Waals surface area contributed by atoms with Gasteiger partial charge in [-0.25, -0.2) is 4.79 Å². The molecule has 4 rings (SSSR count). The molecule has 2 aliphatic rings. The number of carbonyl (C=O) groups excluding carboxylic acids is 1. The van der Waals surface area contributed by atoms with Crippen molar-refractivity contribution < 1.29 is 23.5 Å². The number of carboxylic acid groups (broad SMARTS) is 1. The number of aliphatic carboxylic acids is 1. The molecule has 0 radical (unpaired) electrons. The number of carbonyl (C=O) groups is 2. The maximum absolute atomic E-state index is 12.8. The molecule has 0 unspecified atom stereocenters. The van der Waals surface area contributed by atoms with Crippen molar-refractivity contribution >= 4 is 17.6 Å². The van der Waals surface area contributed by atoms with Crippen LogP contribution in [0.15, 0.2) is 47.5 Å². The van der Waals surface area contributed by atoms with Gasteiger partial charge in [0.25, 0.3) is 5.91 Å². The fourth-order valence-electron chi connectivity index (χ4n) is 4.25. The molecule has 1 amide bonds. The quantitative estimate of drug-likeness (QED) is 0.808. The lowest BCUT2D eigenvalue weighted by molar-refractivity contribution is -0.133. The highest BCUT2D eigenvalue weighted by Gasteiger charge is 2.27. The van der Waals surface area contributed by atoms with Crippen molar-refractivity contribution in [1.82, 2.24) is 0 Å². The Morgan fingerprint density at radius 2 is 1.82 bits per heavy atom. The SMILES string of the molecule is [2H]C([2H])([2H])Oc1cccc(-c2ccc(NC(=O)C3=C(C(=O)O)CCC3)c3c2CCC3)c1. The Labute approximate surface area is 168 Å². The molecule has 0 aliphatic heterocycles. The van der Waals surface area contributed by atoms with Crippen LogP contribution in [-0.2, 0) is 22.4 Å². The normalized spacial score (nSPS) is 17.5. The van der Waals surface area contributed by atoms with Crippen LogP contribution in [0.1, 0.15) is 40.9 Å². The highest BCUT2D eigenvalue weighted by Crippen LogP contribution is 2.38. The molecule has 2 N–H and O–H groups in total. The van der Waals surface area contributed by atoms with Gasteiger partial charge in [0.15, 0.2) is 0 Å². The third-order valence-electron chi connectivity index (χ3n) is 5.55. The lowest BCUT2D eigenvalue weighted by atomic mass is 9.95. The van der Waals surface area contributed by atoms with E-state index in [-0.39, 0.29) is 17.2 Å². The number of rotatable bonds is 5. The smallest absolute Gasteiger partial charge is 0.332 e. The van der Waals surface area contributed by atoms with Gasteiger partial charge in [-0.3, -0.25) is 4.79 Å². The van der Waals surface area contributed by atoms with Crippen LogP contribution in [0.25, 0.3) is 11.1 Å². The molecule has 2 aromatic carbocycles. The number of fused-ring (bicyclic) bond motifs is 1. The van der Waals surface area contributed by atoms with Gasteiger partial charge in [0, 0.05) is 16.8 Å². The number of hydrogen-bond acceptors (Lipinski definition) is 3. The van der Waals surface area contributed by atoms with Crippen molar-refractivity contribution in [2.75, 3.05) is 12.4 Å². The zero-order valence-electron chi connectivity index (χ0n) is 18.4. The van der Waals surface area contributed by atoms with Crippen LogP contribution in [0.3, 0.4) is 0 Å². The number of hydrogen-bond donors (Lipinski definition) is 2. The van der Waals surface area contributed by atoms with E-state index in [9.17, 15) is 14.7 Å². The molecule has 0 spiro atoms. The minimum atomic E-state index is -2.52. The molecule has 0 saturated heterocycles. The Balaban J connectivity index is 1.64. The first kappa shape index (κ1) is 14.9. The molecule has 0 bridgehead atoms. The van der Waals surface area contributed by atoms with Crippen LogP contribution in [-0.4, -0.2) is 24.0 Å². The maximum Gasteiger partial charge on any atom is 0.332 e. The number of anilines is 1. The Bertz CT molecular complexity index is 1090. The van der Waals surface area contributed by atoms with E-state index < -0.39 is 13.0 Å². The van der Waals surface area contributed by atoms with Gasteiger partial charge in [0.1, 0.15) is 5.75 Å². The largest absolute Gasteiger partial charge is 0.497 e. The summed E-state index contributed by atoms with van der Waals surface area (Å²) in [4.78, 5) is 24.1. The van der Waals surface area contributed by atoms with Crippen molar-refractivity contribution in [3.8, 4) is 16.9 Å². The summed E-state index contributed by atoms with van der Waals surface area (Å²) < 4.78 is 26.9. The van der Waals surface area contributed by atoms with Crippen LogP contribution >= 0.6 is 0 Å². The maximum atomic E-state index is 12.8. The zero-order chi connectivity index (χ0) is 22.2. The number of benzene rings is 2. The van der Waals surface area contributed by atoms with Gasteiger partial charge >= 0.3 is 5.97 Å². The van der Waals surface area contributed by atoms with Gasteiger partial charge in [-0.1, -0.05) is 18.2 Å². The van der Waals surface area contributed by atoms with E-state index in [2.05, 4.69) is 5.32 Å². The summed E-state index contributed by atoms with van der Waals surface area (Å²) in [5.74, 6) is -1.09. The summed E-state index contributed by atoms with van der Waals surface area (Å²) in [5.41, 5.74) is 5.26. The molecule has 0 fully saturated rings. The molecule has 0 heterocycles. The first-order valence-corrected chi connectivity index (χ1v) is 9.44. The highest BCUT2D eigenvalue weighted by molar-refractivity contribution is 6.09. The second-order valence-corrected chi connectivity index (χ2v) is 7.17. The fourth-order valence-corrected chi connectivity index (χ4v) is 4.25. The number of ether oxygens (including phenoxy) is 1. The summed E-state index contributed by atoms with van der Waals surface area (Å²) in [6.07, 6.45) is 4.19.